The van der Waals surface area contributed by atoms with E-state index < -0.39 is 0 Å². The van der Waals surface area contributed by atoms with Crippen LogP contribution >= 0.6 is 0 Å². The predicted molar refractivity (Wildman–Crippen MR) is 133 cm³/mol. The third kappa shape index (κ3) is 3.56. The number of benzene rings is 1. The zero-order valence-corrected chi connectivity index (χ0v) is 17.8. The van der Waals surface area contributed by atoms with Crippen LogP contribution in [0.5, 0.6) is 0 Å². The first-order chi connectivity index (χ1) is 15.7. The van der Waals surface area contributed by atoms with Crippen LogP contribution in [0.4, 0.5) is 0 Å². The van der Waals surface area contributed by atoms with Crippen molar-refractivity contribution < 1.29 is 0 Å². The average Bonchev–Trinajstić information content (AvgIpc) is 3.57. The maximum Gasteiger partial charge on any atom is 0.0658 e. The fourth-order valence-electron chi connectivity index (χ4n) is 4.30. The standard InChI is InChI=1S/C28H22N4/c1-18-26(13-19-5-3-2-4-6-19)28-17-25-12-10-23(31-25)15-21-8-7-20(29-21)14-22-9-11-24(30-22)16-27(18)32-28/h2-12,14-17,29,32H,13H2,1H3. The molecule has 6 rings (SSSR count). The van der Waals surface area contributed by atoms with Crippen LogP contribution in [0.2, 0.25) is 0 Å². The van der Waals surface area contributed by atoms with Gasteiger partial charge in [0.15, 0.2) is 0 Å². The molecule has 2 aliphatic rings. The van der Waals surface area contributed by atoms with Gasteiger partial charge in [-0.05, 0) is 90.7 Å². The van der Waals surface area contributed by atoms with Crippen LogP contribution < -0.4 is 0 Å². The first kappa shape index (κ1) is 18.6. The van der Waals surface area contributed by atoms with Gasteiger partial charge in [0, 0.05) is 22.1 Å². The second kappa shape index (κ2) is 7.50. The Hall–Kier alpha value is -4.18. The molecule has 0 saturated carbocycles. The van der Waals surface area contributed by atoms with Crippen molar-refractivity contribution in [3.05, 3.63) is 106 Å². The molecule has 0 spiro atoms. The smallest absolute Gasteiger partial charge is 0.0658 e. The Morgan fingerprint density at radius 3 is 1.81 bits per heavy atom. The Balaban J connectivity index is 1.64. The van der Waals surface area contributed by atoms with Crippen molar-refractivity contribution in [1.29, 1.82) is 0 Å². The van der Waals surface area contributed by atoms with E-state index in [2.05, 4.69) is 108 Å². The summed E-state index contributed by atoms with van der Waals surface area (Å²) < 4.78 is 0. The first-order valence-electron chi connectivity index (χ1n) is 10.8. The summed E-state index contributed by atoms with van der Waals surface area (Å²) in [6, 6.07) is 23.1. The molecule has 154 valence electrons. The van der Waals surface area contributed by atoms with Gasteiger partial charge in [-0.1, -0.05) is 30.3 Å². The quantitative estimate of drug-likeness (QED) is 0.337. The van der Waals surface area contributed by atoms with Crippen LogP contribution in [0.1, 0.15) is 39.5 Å². The molecule has 3 aromatic heterocycles. The SMILES string of the molecule is Cc1c(Cc2ccccc2)c2cc3nc(cc4ccc(cc5nc(cc1[nH]2)C=C5)[nH]4)C=C3. The van der Waals surface area contributed by atoms with Gasteiger partial charge >= 0.3 is 0 Å². The average molecular weight is 415 g/mol. The summed E-state index contributed by atoms with van der Waals surface area (Å²) in [7, 11) is 0. The minimum absolute atomic E-state index is 0.862. The number of aromatic nitrogens is 4. The summed E-state index contributed by atoms with van der Waals surface area (Å²) in [6.07, 6.45) is 9.09. The Morgan fingerprint density at radius 2 is 1.19 bits per heavy atom. The van der Waals surface area contributed by atoms with E-state index in [0.29, 0.717) is 0 Å². The highest BCUT2D eigenvalue weighted by Crippen LogP contribution is 2.25. The number of nitrogens with zero attached hydrogens (tertiary/aromatic N) is 2. The molecule has 0 unspecified atom stereocenters. The summed E-state index contributed by atoms with van der Waals surface area (Å²) in [4.78, 5) is 16.7. The Bertz CT molecular complexity index is 1550. The van der Waals surface area contributed by atoms with E-state index in [9.17, 15) is 0 Å². The largest absolute Gasteiger partial charge is 0.355 e. The topological polar surface area (TPSA) is 57.4 Å². The molecule has 8 bridgehead atoms. The van der Waals surface area contributed by atoms with E-state index in [1.165, 1.54) is 16.7 Å². The molecule has 4 heteroatoms. The number of aryl methyl sites for hydroxylation is 1. The highest BCUT2D eigenvalue weighted by molar-refractivity contribution is 5.80. The highest BCUT2D eigenvalue weighted by Gasteiger charge is 2.10. The molecule has 4 aromatic rings. The minimum atomic E-state index is 0.862. The third-order valence-electron chi connectivity index (χ3n) is 5.96. The maximum atomic E-state index is 4.81. The number of fused-ring (bicyclic) bond motifs is 8. The first-order valence-corrected chi connectivity index (χ1v) is 10.8. The van der Waals surface area contributed by atoms with E-state index in [-0.39, 0.29) is 0 Å². The van der Waals surface area contributed by atoms with Crippen molar-refractivity contribution in [3.63, 3.8) is 0 Å². The molecular formula is C28H22N4. The van der Waals surface area contributed by atoms with Gasteiger partial charge in [0.25, 0.3) is 0 Å². The Kier molecular flexibility index (Phi) is 4.36. The van der Waals surface area contributed by atoms with Crippen molar-refractivity contribution in [2.24, 2.45) is 0 Å². The van der Waals surface area contributed by atoms with Gasteiger partial charge in [-0.15, -0.1) is 0 Å². The van der Waals surface area contributed by atoms with Crippen LogP contribution in [0.15, 0.2) is 66.7 Å². The Labute approximate surface area is 186 Å². The van der Waals surface area contributed by atoms with Gasteiger partial charge in [0.1, 0.15) is 0 Å². The molecule has 0 aliphatic carbocycles. The molecule has 32 heavy (non-hydrogen) atoms. The van der Waals surface area contributed by atoms with E-state index in [4.69, 9.17) is 9.97 Å². The second-order valence-electron chi connectivity index (χ2n) is 8.25. The van der Waals surface area contributed by atoms with Crippen LogP contribution in [0, 0.1) is 6.92 Å². The number of H-pyrrole nitrogens is 2. The number of hydrogen-bond donors (Lipinski definition) is 2. The van der Waals surface area contributed by atoms with Gasteiger partial charge < -0.3 is 9.97 Å². The summed E-state index contributed by atoms with van der Waals surface area (Å²) in [5, 5.41) is 0. The molecule has 1 aromatic carbocycles. The van der Waals surface area contributed by atoms with Gasteiger partial charge in [0.05, 0.1) is 22.8 Å². The van der Waals surface area contributed by atoms with Crippen molar-refractivity contribution in [2.45, 2.75) is 13.3 Å². The monoisotopic (exact) mass is 414 g/mol. The van der Waals surface area contributed by atoms with Crippen molar-refractivity contribution in [1.82, 2.24) is 19.9 Å². The van der Waals surface area contributed by atoms with Gasteiger partial charge in [0.2, 0.25) is 0 Å². The Morgan fingerprint density at radius 1 is 0.625 bits per heavy atom. The van der Waals surface area contributed by atoms with Gasteiger partial charge in [-0.2, -0.15) is 0 Å². The second-order valence-corrected chi connectivity index (χ2v) is 8.25. The zero-order valence-electron chi connectivity index (χ0n) is 17.8. The molecule has 2 N–H and O–H groups in total. The molecular weight excluding hydrogens is 392 g/mol. The number of nitrogens with one attached hydrogen (secondary N) is 2. The normalized spacial score (nSPS) is 12.4. The van der Waals surface area contributed by atoms with Crippen molar-refractivity contribution in [2.75, 3.05) is 0 Å². The molecule has 0 fully saturated rings. The molecule has 2 aliphatic heterocycles. The van der Waals surface area contributed by atoms with Gasteiger partial charge in [-0.25, -0.2) is 9.97 Å². The fourth-order valence-corrected chi connectivity index (χ4v) is 4.30. The summed E-state index contributed by atoms with van der Waals surface area (Å²) in [5.41, 5.74) is 11.8. The molecule has 0 amide bonds. The fraction of sp³-hybridized carbons (Fsp3) is 0.0714. The third-order valence-corrected chi connectivity index (χ3v) is 5.96. The van der Waals surface area contributed by atoms with Crippen molar-refractivity contribution in [3.8, 4) is 0 Å². The maximum absolute atomic E-state index is 4.81. The molecule has 4 nitrogen and oxygen atoms in total. The zero-order chi connectivity index (χ0) is 21.5. The van der Waals surface area contributed by atoms with Crippen LogP contribution in [0.25, 0.3) is 46.4 Å². The van der Waals surface area contributed by atoms with Crippen molar-refractivity contribution >= 4 is 46.4 Å². The lowest BCUT2D eigenvalue weighted by atomic mass is 10.0. The minimum Gasteiger partial charge on any atom is -0.355 e. The highest BCUT2D eigenvalue weighted by atomic mass is 14.8. The number of aromatic amines is 2. The molecule has 0 atom stereocenters. The van der Waals surface area contributed by atoms with Gasteiger partial charge in [-0.3, -0.25) is 0 Å². The molecule has 0 radical (unpaired) electrons. The lowest BCUT2D eigenvalue weighted by Crippen LogP contribution is -1.89. The molecule has 5 heterocycles. The lowest BCUT2D eigenvalue weighted by Gasteiger charge is -2.02. The predicted octanol–water partition coefficient (Wildman–Crippen LogP) is 6.55. The van der Waals surface area contributed by atoms with E-state index in [1.807, 2.05) is 0 Å². The number of rotatable bonds is 2. The lowest BCUT2D eigenvalue weighted by molar-refractivity contribution is 1.19. The van der Waals surface area contributed by atoms with Crippen LogP contribution in [-0.4, -0.2) is 19.9 Å². The van der Waals surface area contributed by atoms with Crippen LogP contribution in [-0.2, 0) is 6.42 Å². The van der Waals surface area contributed by atoms with E-state index >= 15 is 0 Å². The summed E-state index contributed by atoms with van der Waals surface area (Å²) in [6.45, 7) is 2.18. The number of hydrogen-bond acceptors (Lipinski definition) is 2. The summed E-state index contributed by atoms with van der Waals surface area (Å²) in [5.74, 6) is 0. The van der Waals surface area contributed by atoms with Crippen LogP contribution in [0.3, 0.4) is 0 Å². The van der Waals surface area contributed by atoms with E-state index in [1.54, 1.807) is 0 Å². The van der Waals surface area contributed by atoms with E-state index in [0.717, 1.165) is 51.3 Å². The molecule has 0 saturated heterocycles. The summed E-state index contributed by atoms with van der Waals surface area (Å²) >= 11 is 0.